The molecule has 1 unspecified atom stereocenters. The number of fused-ring (bicyclic) bond motifs is 1. The summed E-state index contributed by atoms with van der Waals surface area (Å²) in [4.78, 5) is 18.9. The van der Waals surface area contributed by atoms with Gasteiger partial charge in [-0.25, -0.2) is 4.98 Å². The standard InChI is InChI=1S/C18H19N5O/c1-2-15-5-3-11-22(15)17(24)14-8-6-13(7-9-14)16-20-21-18-19-10-4-12-23(16)18/h4,6-10,12,15H,2-3,5,11H2,1H3. The molecule has 2 aromatic heterocycles. The first-order valence-corrected chi connectivity index (χ1v) is 8.35. The molecule has 0 N–H and O–H groups in total. The average Bonchev–Trinajstić information content (AvgIpc) is 3.28. The summed E-state index contributed by atoms with van der Waals surface area (Å²) >= 11 is 0. The van der Waals surface area contributed by atoms with Gasteiger partial charge in [-0.2, -0.15) is 0 Å². The van der Waals surface area contributed by atoms with Gasteiger partial charge >= 0.3 is 0 Å². The molecule has 4 rings (SSSR count). The molecule has 1 saturated heterocycles. The molecular weight excluding hydrogens is 302 g/mol. The first kappa shape index (κ1) is 14.8. The number of nitrogens with zero attached hydrogens (tertiary/aromatic N) is 5. The number of hydrogen-bond donors (Lipinski definition) is 0. The third-order valence-corrected chi connectivity index (χ3v) is 4.69. The second kappa shape index (κ2) is 6.03. The number of carbonyl (C=O) groups excluding carboxylic acids is 1. The molecule has 0 saturated carbocycles. The number of hydrogen-bond acceptors (Lipinski definition) is 4. The zero-order valence-corrected chi connectivity index (χ0v) is 13.6. The van der Waals surface area contributed by atoms with Crippen LogP contribution < -0.4 is 0 Å². The van der Waals surface area contributed by atoms with Crippen molar-refractivity contribution in [3.63, 3.8) is 0 Å². The van der Waals surface area contributed by atoms with Gasteiger partial charge in [-0.1, -0.05) is 19.1 Å². The zero-order chi connectivity index (χ0) is 16.5. The summed E-state index contributed by atoms with van der Waals surface area (Å²) < 4.78 is 1.84. The van der Waals surface area contributed by atoms with Crippen LogP contribution in [0.15, 0.2) is 42.7 Å². The molecule has 1 fully saturated rings. The van der Waals surface area contributed by atoms with Gasteiger partial charge in [-0.3, -0.25) is 9.20 Å². The van der Waals surface area contributed by atoms with Gasteiger partial charge in [0.15, 0.2) is 5.82 Å². The summed E-state index contributed by atoms with van der Waals surface area (Å²) in [5.74, 6) is 1.42. The van der Waals surface area contributed by atoms with Crippen molar-refractivity contribution in [3.05, 3.63) is 48.3 Å². The Morgan fingerprint density at radius 2 is 2.08 bits per heavy atom. The molecule has 6 nitrogen and oxygen atoms in total. The van der Waals surface area contributed by atoms with Crippen LogP contribution in [0.25, 0.3) is 17.2 Å². The van der Waals surface area contributed by atoms with Gasteiger partial charge in [-0.05, 0) is 37.5 Å². The highest BCUT2D eigenvalue weighted by atomic mass is 16.2. The highest BCUT2D eigenvalue weighted by Crippen LogP contribution is 2.24. The third-order valence-electron chi connectivity index (χ3n) is 4.69. The van der Waals surface area contributed by atoms with Crippen LogP contribution in [0.4, 0.5) is 0 Å². The number of carbonyl (C=O) groups is 1. The lowest BCUT2D eigenvalue weighted by Crippen LogP contribution is -2.35. The van der Waals surface area contributed by atoms with Crippen molar-refractivity contribution < 1.29 is 4.79 Å². The van der Waals surface area contributed by atoms with Gasteiger partial charge in [-0.15, -0.1) is 10.2 Å². The molecule has 24 heavy (non-hydrogen) atoms. The van der Waals surface area contributed by atoms with E-state index in [0.717, 1.165) is 42.8 Å². The molecule has 1 amide bonds. The lowest BCUT2D eigenvalue weighted by molar-refractivity contribution is 0.0733. The van der Waals surface area contributed by atoms with Crippen molar-refractivity contribution in [2.75, 3.05) is 6.54 Å². The highest BCUT2D eigenvalue weighted by Gasteiger charge is 2.27. The molecule has 1 atom stereocenters. The van der Waals surface area contributed by atoms with Gasteiger partial charge in [0.1, 0.15) is 0 Å². The number of aromatic nitrogens is 4. The second-order valence-corrected chi connectivity index (χ2v) is 6.09. The number of rotatable bonds is 3. The molecule has 122 valence electrons. The maximum absolute atomic E-state index is 12.7. The maximum atomic E-state index is 12.7. The van der Waals surface area contributed by atoms with Gasteiger partial charge in [0.2, 0.25) is 0 Å². The van der Waals surface area contributed by atoms with E-state index in [1.165, 1.54) is 0 Å². The van der Waals surface area contributed by atoms with Crippen molar-refractivity contribution in [1.82, 2.24) is 24.5 Å². The first-order valence-electron chi connectivity index (χ1n) is 8.35. The van der Waals surface area contributed by atoms with E-state index in [1.807, 2.05) is 45.8 Å². The minimum Gasteiger partial charge on any atom is -0.336 e. The molecule has 3 aromatic rings. The van der Waals surface area contributed by atoms with E-state index >= 15 is 0 Å². The lowest BCUT2D eigenvalue weighted by Gasteiger charge is -2.23. The van der Waals surface area contributed by atoms with Crippen molar-refractivity contribution in [3.8, 4) is 11.4 Å². The smallest absolute Gasteiger partial charge is 0.255 e. The van der Waals surface area contributed by atoms with Crippen molar-refractivity contribution in [2.45, 2.75) is 32.2 Å². The molecule has 0 bridgehead atoms. The maximum Gasteiger partial charge on any atom is 0.255 e. The molecule has 6 heteroatoms. The van der Waals surface area contributed by atoms with Crippen LogP contribution in [0, 0.1) is 0 Å². The normalized spacial score (nSPS) is 17.5. The van der Waals surface area contributed by atoms with Gasteiger partial charge in [0.05, 0.1) is 0 Å². The Morgan fingerprint density at radius 3 is 2.88 bits per heavy atom. The number of benzene rings is 1. The summed E-state index contributed by atoms with van der Waals surface area (Å²) in [5, 5.41) is 8.26. The van der Waals surface area contributed by atoms with E-state index in [1.54, 1.807) is 6.20 Å². The van der Waals surface area contributed by atoms with Crippen LogP contribution in [0.3, 0.4) is 0 Å². The Hall–Kier alpha value is -2.76. The minimum absolute atomic E-state index is 0.124. The Labute approximate surface area is 140 Å². The van der Waals surface area contributed by atoms with Crippen LogP contribution in [0.1, 0.15) is 36.5 Å². The SMILES string of the molecule is CCC1CCCN1C(=O)c1ccc(-c2nnc3ncccn23)cc1. The summed E-state index contributed by atoms with van der Waals surface area (Å²) in [6.45, 7) is 3.00. The fraction of sp³-hybridized carbons (Fsp3) is 0.333. The van der Waals surface area contributed by atoms with Crippen molar-refractivity contribution in [1.29, 1.82) is 0 Å². The van der Waals surface area contributed by atoms with Crippen LogP contribution >= 0.6 is 0 Å². The van der Waals surface area contributed by atoms with E-state index in [4.69, 9.17) is 0 Å². The molecule has 0 radical (unpaired) electrons. The average molecular weight is 321 g/mol. The van der Waals surface area contributed by atoms with Gasteiger partial charge in [0, 0.05) is 36.1 Å². The van der Waals surface area contributed by atoms with Crippen LogP contribution in [0.5, 0.6) is 0 Å². The monoisotopic (exact) mass is 321 g/mol. The Morgan fingerprint density at radius 1 is 1.25 bits per heavy atom. The summed E-state index contributed by atoms with van der Waals surface area (Å²) in [6.07, 6.45) is 6.80. The predicted octanol–water partition coefficient (Wildman–Crippen LogP) is 2.81. The Balaban J connectivity index is 1.62. The fourth-order valence-electron chi connectivity index (χ4n) is 3.39. The Bertz CT molecular complexity index is 871. The van der Waals surface area contributed by atoms with Crippen molar-refractivity contribution in [2.24, 2.45) is 0 Å². The topological polar surface area (TPSA) is 63.4 Å². The second-order valence-electron chi connectivity index (χ2n) is 6.09. The molecule has 1 aliphatic heterocycles. The fourth-order valence-corrected chi connectivity index (χ4v) is 3.39. The van der Waals surface area contributed by atoms with Crippen LogP contribution in [-0.4, -0.2) is 43.0 Å². The largest absolute Gasteiger partial charge is 0.336 e. The quantitative estimate of drug-likeness (QED) is 0.744. The van der Waals surface area contributed by atoms with E-state index < -0.39 is 0 Å². The zero-order valence-electron chi connectivity index (χ0n) is 13.6. The third kappa shape index (κ3) is 2.44. The summed E-state index contributed by atoms with van der Waals surface area (Å²) in [6, 6.07) is 9.82. The van der Waals surface area contributed by atoms with E-state index in [0.29, 0.717) is 11.8 Å². The summed E-state index contributed by atoms with van der Waals surface area (Å²) in [5.41, 5.74) is 1.64. The predicted molar refractivity (Wildman–Crippen MR) is 90.6 cm³/mol. The van der Waals surface area contributed by atoms with E-state index in [2.05, 4.69) is 22.1 Å². The number of likely N-dealkylation sites (tertiary alicyclic amines) is 1. The van der Waals surface area contributed by atoms with Gasteiger partial charge < -0.3 is 4.90 Å². The van der Waals surface area contributed by atoms with Crippen LogP contribution in [0.2, 0.25) is 0 Å². The molecular formula is C18H19N5O. The van der Waals surface area contributed by atoms with E-state index in [9.17, 15) is 4.79 Å². The molecule has 0 spiro atoms. The minimum atomic E-state index is 0.124. The van der Waals surface area contributed by atoms with E-state index in [-0.39, 0.29) is 5.91 Å². The number of amides is 1. The molecule has 3 heterocycles. The van der Waals surface area contributed by atoms with Crippen LogP contribution in [-0.2, 0) is 0 Å². The van der Waals surface area contributed by atoms with Gasteiger partial charge in [0.25, 0.3) is 11.7 Å². The summed E-state index contributed by atoms with van der Waals surface area (Å²) in [7, 11) is 0. The highest BCUT2D eigenvalue weighted by molar-refractivity contribution is 5.95. The lowest BCUT2D eigenvalue weighted by atomic mass is 10.1. The molecule has 0 aliphatic carbocycles. The molecule has 1 aliphatic rings. The Kier molecular flexibility index (Phi) is 3.72. The van der Waals surface area contributed by atoms with Crippen molar-refractivity contribution >= 4 is 11.7 Å². The molecule has 1 aromatic carbocycles. The first-order chi connectivity index (χ1) is 11.8.